The van der Waals surface area contributed by atoms with E-state index in [1.165, 1.54) is 0 Å². The van der Waals surface area contributed by atoms with Crippen molar-refractivity contribution in [3.8, 4) is 0 Å². The Hall–Kier alpha value is 1.04. The van der Waals surface area contributed by atoms with Gasteiger partial charge in [0.05, 0.1) is 0 Å². The van der Waals surface area contributed by atoms with Gasteiger partial charge in [0, 0.05) is 0 Å². The summed E-state index contributed by atoms with van der Waals surface area (Å²) < 4.78 is 15.7. The molecule has 0 bridgehead atoms. The van der Waals surface area contributed by atoms with Crippen LogP contribution in [0.2, 0.25) is 0 Å². The third kappa shape index (κ3) is 11.0. The molecule has 0 aliphatic heterocycles. The van der Waals surface area contributed by atoms with E-state index in [2.05, 4.69) is 0 Å². The third-order valence-corrected chi connectivity index (χ3v) is 2.90. The average Bonchev–Trinajstić information content (AvgIpc) is 1.90. The van der Waals surface area contributed by atoms with Crippen molar-refractivity contribution in [1.82, 2.24) is 0 Å². The summed E-state index contributed by atoms with van der Waals surface area (Å²) in [6.45, 7) is 7.87. The van der Waals surface area contributed by atoms with E-state index in [4.69, 9.17) is 11.0 Å². The molecular formula is C6H15Cl2O3V. The van der Waals surface area contributed by atoms with Gasteiger partial charge in [-0.25, -0.2) is 0 Å². The van der Waals surface area contributed by atoms with E-state index in [0.717, 1.165) is 0 Å². The second-order valence-electron chi connectivity index (χ2n) is 1.48. The summed E-state index contributed by atoms with van der Waals surface area (Å²) in [5, 5.41) is 0. The molecule has 3 nitrogen and oxygen atoms in total. The van der Waals surface area contributed by atoms with Crippen LogP contribution in [-0.4, -0.2) is 19.8 Å². The molecule has 76 valence electrons. The molecule has 0 unspecified atom stereocenters. The normalized spacial score (nSPS) is 8.25. The van der Waals surface area contributed by atoms with Gasteiger partial charge < -0.3 is 24.8 Å². The van der Waals surface area contributed by atoms with Crippen molar-refractivity contribution in [3.63, 3.8) is 0 Å². The first-order valence-corrected chi connectivity index (χ1v) is 5.25. The van der Waals surface area contributed by atoms with Crippen LogP contribution >= 0.6 is 0 Å². The Morgan fingerprint density at radius 3 is 1.17 bits per heavy atom. The summed E-state index contributed by atoms with van der Waals surface area (Å²) in [6.07, 6.45) is 0. The average molecular weight is 257 g/mol. The minimum absolute atomic E-state index is 0. The van der Waals surface area contributed by atoms with Crippen molar-refractivity contribution in [3.05, 3.63) is 0 Å². The molecule has 0 fully saturated rings. The molecule has 0 atom stereocenters. The Morgan fingerprint density at radius 1 is 0.750 bits per heavy atom. The molecule has 0 saturated heterocycles. The minimum atomic E-state index is -1.80. The van der Waals surface area contributed by atoms with Gasteiger partial charge in [0.15, 0.2) is 0 Å². The van der Waals surface area contributed by atoms with Crippen LogP contribution in [0.1, 0.15) is 20.8 Å². The Kier molecular flexibility index (Phi) is 22.8. The topological polar surface area (TPSA) is 27.7 Å². The predicted molar refractivity (Wildman–Crippen MR) is 34.9 cm³/mol. The van der Waals surface area contributed by atoms with Crippen LogP contribution in [0.5, 0.6) is 0 Å². The first-order chi connectivity index (χ1) is 4.85. The van der Waals surface area contributed by atoms with E-state index >= 15 is 0 Å². The van der Waals surface area contributed by atoms with Crippen molar-refractivity contribution >= 4 is 0 Å². The van der Waals surface area contributed by atoms with E-state index in [9.17, 15) is 0 Å². The van der Waals surface area contributed by atoms with Gasteiger partial charge in [-0.1, -0.05) is 0 Å². The maximum Gasteiger partial charge on any atom is -1.00 e. The van der Waals surface area contributed by atoms with Crippen molar-refractivity contribution in [1.29, 1.82) is 0 Å². The van der Waals surface area contributed by atoms with Gasteiger partial charge in [-0.3, -0.25) is 0 Å². The van der Waals surface area contributed by atoms with Crippen LogP contribution < -0.4 is 24.8 Å². The first kappa shape index (κ1) is 18.8. The molecule has 0 aliphatic carbocycles. The molecular weight excluding hydrogens is 242 g/mol. The molecule has 0 aromatic carbocycles. The van der Waals surface area contributed by atoms with E-state index in [1.54, 1.807) is 0 Å². The molecule has 0 aliphatic rings. The Morgan fingerprint density at radius 2 is 1.00 bits per heavy atom. The maximum absolute atomic E-state index is 5.22. The van der Waals surface area contributed by atoms with Crippen LogP contribution in [0.3, 0.4) is 0 Å². The van der Waals surface area contributed by atoms with Crippen molar-refractivity contribution in [2.75, 3.05) is 19.8 Å². The van der Waals surface area contributed by atoms with Gasteiger partial charge >= 0.3 is 67.8 Å². The monoisotopic (exact) mass is 256 g/mol. The third-order valence-electron chi connectivity index (χ3n) is 0.704. The largest absolute Gasteiger partial charge is 1.00 e. The van der Waals surface area contributed by atoms with Crippen molar-refractivity contribution < 1.29 is 52.0 Å². The van der Waals surface area contributed by atoms with Crippen molar-refractivity contribution in [2.24, 2.45) is 0 Å². The van der Waals surface area contributed by atoms with E-state index < -0.39 is 16.2 Å². The molecule has 0 spiro atoms. The Bertz CT molecular complexity index is 63.5. The van der Waals surface area contributed by atoms with Gasteiger partial charge in [0.25, 0.3) is 0 Å². The molecule has 0 saturated carbocycles. The van der Waals surface area contributed by atoms with Crippen LogP contribution in [0.4, 0.5) is 0 Å². The van der Waals surface area contributed by atoms with Crippen LogP contribution in [0.15, 0.2) is 0 Å². The molecule has 0 rings (SSSR count). The zero-order valence-corrected chi connectivity index (χ0v) is 10.5. The van der Waals surface area contributed by atoms with Gasteiger partial charge in [-0.15, -0.1) is 0 Å². The predicted octanol–water partition coefficient (Wildman–Crippen LogP) is -4.53. The fraction of sp³-hybridized carbons (Fsp3) is 1.00. The fourth-order valence-electron chi connectivity index (χ4n) is 0.428. The van der Waals surface area contributed by atoms with Gasteiger partial charge in [-0.2, -0.15) is 0 Å². The van der Waals surface area contributed by atoms with Crippen LogP contribution in [-0.2, 0) is 27.2 Å². The fourth-order valence-corrected chi connectivity index (χ4v) is 1.76. The molecule has 12 heavy (non-hydrogen) atoms. The number of rotatable bonds is 6. The summed E-state index contributed by atoms with van der Waals surface area (Å²) in [5.41, 5.74) is 0. The van der Waals surface area contributed by atoms with Crippen molar-refractivity contribution in [2.45, 2.75) is 20.8 Å². The Labute approximate surface area is 92.6 Å². The standard InChI is InChI=1S/3C2H5O.2ClH.V/c3*1-2-3;;;/h3*2H2,1H3;2*1H;/q3*-1;;;+5/p-2. The van der Waals surface area contributed by atoms with Gasteiger partial charge in [-0.05, 0) is 0 Å². The summed E-state index contributed by atoms with van der Waals surface area (Å²) in [5.74, 6) is 0. The molecule has 0 amide bonds. The SMILES string of the molecule is CC[O][V+2]([O]CC)[O]CC.[Cl-].[Cl-]. The van der Waals surface area contributed by atoms with Gasteiger partial charge in [0.2, 0.25) is 0 Å². The molecule has 0 aromatic rings. The quantitative estimate of drug-likeness (QED) is 0.480. The van der Waals surface area contributed by atoms with Gasteiger partial charge in [0.1, 0.15) is 0 Å². The van der Waals surface area contributed by atoms with E-state index in [0.29, 0.717) is 19.8 Å². The Balaban J connectivity index is -0.000000405. The first-order valence-electron chi connectivity index (χ1n) is 3.54. The second-order valence-corrected chi connectivity index (χ2v) is 3.38. The summed E-state index contributed by atoms with van der Waals surface area (Å²) >= 11 is -1.80. The number of hydrogen-bond donors (Lipinski definition) is 0. The van der Waals surface area contributed by atoms with Crippen LogP contribution in [0, 0.1) is 0 Å². The number of halogens is 2. The molecule has 0 aromatic heterocycles. The molecule has 0 N–H and O–H groups in total. The minimum Gasteiger partial charge on any atom is -1.00 e. The van der Waals surface area contributed by atoms with E-state index in [-0.39, 0.29) is 24.8 Å². The van der Waals surface area contributed by atoms with E-state index in [1.807, 2.05) is 20.8 Å². The van der Waals surface area contributed by atoms with Crippen LogP contribution in [0.25, 0.3) is 0 Å². The smallest absolute Gasteiger partial charge is 1.00 e. The molecule has 0 radical (unpaired) electrons. The summed E-state index contributed by atoms with van der Waals surface area (Å²) in [7, 11) is 0. The molecule has 6 heteroatoms. The zero-order chi connectivity index (χ0) is 7.82. The summed E-state index contributed by atoms with van der Waals surface area (Å²) in [6, 6.07) is 0. The summed E-state index contributed by atoms with van der Waals surface area (Å²) in [4.78, 5) is 0. The zero-order valence-electron chi connectivity index (χ0n) is 7.55. The second kappa shape index (κ2) is 14.6. The maximum atomic E-state index is 5.22. The number of hydrogen-bond acceptors (Lipinski definition) is 3. The molecule has 0 heterocycles.